The molecular formula is C15H20O4. The maximum absolute atomic E-state index is 11.1. The third kappa shape index (κ3) is 2.39. The Morgan fingerprint density at radius 3 is 2.42 bits per heavy atom. The summed E-state index contributed by atoms with van der Waals surface area (Å²) in [6, 6.07) is 3.90. The molecule has 1 unspecified atom stereocenters. The van der Waals surface area contributed by atoms with E-state index >= 15 is 0 Å². The largest absolute Gasteiger partial charge is 0.493 e. The highest BCUT2D eigenvalue weighted by atomic mass is 16.5. The molecule has 1 aromatic carbocycles. The monoisotopic (exact) mass is 264 g/mol. The average molecular weight is 264 g/mol. The summed E-state index contributed by atoms with van der Waals surface area (Å²) in [5.74, 6) is 0.614. The van der Waals surface area contributed by atoms with Crippen LogP contribution in [0.15, 0.2) is 12.1 Å². The normalized spacial score (nSPS) is 19.9. The second kappa shape index (κ2) is 4.76. The molecule has 2 rings (SSSR count). The van der Waals surface area contributed by atoms with E-state index in [-0.39, 0.29) is 17.8 Å². The van der Waals surface area contributed by atoms with Crippen molar-refractivity contribution in [3.05, 3.63) is 23.3 Å². The van der Waals surface area contributed by atoms with Crippen LogP contribution in [0.25, 0.3) is 0 Å². The molecule has 0 saturated heterocycles. The zero-order valence-electron chi connectivity index (χ0n) is 11.8. The number of carboxylic acids is 1. The van der Waals surface area contributed by atoms with Crippen molar-refractivity contribution in [2.24, 2.45) is 5.41 Å². The molecule has 1 N–H and O–H groups in total. The lowest BCUT2D eigenvalue weighted by Gasteiger charge is -2.26. The smallest absolute Gasteiger partial charge is 0.303 e. The Hall–Kier alpha value is -1.71. The molecule has 4 nitrogen and oxygen atoms in total. The van der Waals surface area contributed by atoms with Crippen molar-refractivity contribution in [3.63, 3.8) is 0 Å². The van der Waals surface area contributed by atoms with Gasteiger partial charge in [-0.05, 0) is 35.1 Å². The van der Waals surface area contributed by atoms with Crippen molar-refractivity contribution in [2.75, 3.05) is 14.2 Å². The summed E-state index contributed by atoms with van der Waals surface area (Å²) < 4.78 is 10.6. The van der Waals surface area contributed by atoms with E-state index in [1.807, 2.05) is 12.1 Å². The Morgan fingerprint density at radius 2 is 1.89 bits per heavy atom. The number of hydrogen-bond donors (Lipinski definition) is 1. The molecule has 1 aliphatic carbocycles. The number of carbonyl (C=O) groups is 1. The van der Waals surface area contributed by atoms with Gasteiger partial charge in [-0.3, -0.25) is 4.79 Å². The van der Waals surface area contributed by atoms with Gasteiger partial charge in [-0.1, -0.05) is 13.8 Å². The van der Waals surface area contributed by atoms with Crippen LogP contribution >= 0.6 is 0 Å². The highest BCUT2D eigenvalue weighted by Gasteiger charge is 2.40. The van der Waals surface area contributed by atoms with Gasteiger partial charge in [0.1, 0.15) is 0 Å². The van der Waals surface area contributed by atoms with Crippen molar-refractivity contribution in [1.82, 2.24) is 0 Å². The lowest BCUT2D eigenvalue weighted by atomic mass is 9.78. The molecule has 19 heavy (non-hydrogen) atoms. The van der Waals surface area contributed by atoms with Gasteiger partial charge in [0.25, 0.3) is 0 Å². The van der Waals surface area contributed by atoms with Gasteiger partial charge in [0.05, 0.1) is 20.6 Å². The number of rotatable bonds is 4. The van der Waals surface area contributed by atoms with E-state index in [0.29, 0.717) is 11.5 Å². The minimum Gasteiger partial charge on any atom is -0.493 e. The topological polar surface area (TPSA) is 55.8 Å². The minimum absolute atomic E-state index is 0.0137. The van der Waals surface area contributed by atoms with Crippen LogP contribution in [0.5, 0.6) is 11.5 Å². The number of carboxylic acid groups (broad SMARTS) is 1. The molecule has 0 amide bonds. The van der Waals surface area contributed by atoms with Gasteiger partial charge in [0, 0.05) is 5.92 Å². The van der Waals surface area contributed by atoms with Gasteiger partial charge in [-0.2, -0.15) is 0 Å². The molecule has 0 heterocycles. The van der Waals surface area contributed by atoms with Crippen molar-refractivity contribution < 1.29 is 19.4 Å². The van der Waals surface area contributed by atoms with Crippen molar-refractivity contribution in [1.29, 1.82) is 0 Å². The Bertz CT molecular complexity index is 505. The second-order valence-electron chi connectivity index (χ2n) is 5.72. The maximum atomic E-state index is 11.1. The first-order valence-corrected chi connectivity index (χ1v) is 6.35. The first-order chi connectivity index (χ1) is 8.89. The molecule has 0 aliphatic heterocycles. The minimum atomic E-state index is -0.763. The average Bonchev–Trinajstić information content (AvgIpc) is 2.57. The van der Waals surface area contributed by atoms with E-state index < -0.39 is 5.97 Å². The summed E-state index contributed by atoms with van der Waals surface area (Å²) in [7, 11) is 3.20. The summed E-state index contributed by atoms with van der Waals surface area (Å²) in [6.45, 7) is 4.22. The quantitative estimate of drug-likeness (QED) is 0.908. The Kier molecular flexibility index (Phi) is 3.43. The van der Waals surface area contributed by atoms with E-state index in [1.165, 1.54) is 0 Å². The van der Waals surface area contributed by atoms with E-state index in [1.54, 1.807) is 14.2 Å². The van der Waals surface area contributed by atoms with E-state index in [4.69, 9.17) is 14.6 Å². The summed E-state index contributed by atoms with van der Waals surface area (Å²) in [4.78, 5) is 11.1. The molecule has 0 fully saturated rings. The number of ether oxygens (including phenoxy) is 2. The van der Waals surface area contributed by atoms with Crippen molar-refractivity contribution >= 4 is 5.97 Å². The van der Waals surface area contributed by atoms with Gasteiger partial charge in [0.2, 0.25) is 0 Å². The fraction of sp³-hybridized carbons (Fsp3) is 0.533. The van der Waals surface area contributed by atoms with E-state index in [2.05, 4.69) is 13.8 Å². The molecule has 0 aromatic heterocycles. The van der Waals surface area contributed by atoms with Gasteiger partial charge < -0.3 is 14.6 Å². The zero-order chi connectivity index (χ0) is 14.2. The molecular weight excluding hydrogens is 244 g/mol. The van der Waals surface area contributed by atoms with Crippen molar-refractivity contribution in [3.8, 4) is 11.5 Å². The number of hydrogen-bond acceptors (Lipinski definition) is 3. The van der Waals surface area contributed by atoms with Crippen LogP contribution in [0.4, 0.5) is 0 Å². The first-order valence-electron chi connectivity index (χ1n) is 6.35. The van der Waals surface area contributed by atoms with Crippen LogP contribution in [0, 0.1) is 5.41 Å². The first kappa shape index (κ1) is 13.7. The van der Waals surface area contributed by atoms with Crippen LogP contribution in [0.3, 0.4) is 0 Å². The Balaban J connectivity index is 2.49. The molecule has 1 aromatic rings. The van der Waals surface area contributed by atoms with Crippen LogP contribution in [0.1, 0.15) is 37.3 Å². The predicted octanol–water partition coefficient (Wildman–Crippen LogP) is 2.84. The Labute approximate surface area is 113 Å². The molecule has 4 heteroatoms. The highest BCUT2D eigenvalue weighted by Crippen LogP contribution is 2.51. The van der Waals surface area contributed by atoms with Gasteiger partial charge in [-0.15, -0.1) is 0 Å². The predicted molar refractivity (Wildman–Crippen MR) is 72.0 cm³/mol. The lowest BCUT2D eigenvalue weighted by Crippen LogP contribution is -2.20. The lowest BCUT2D eigenvalue weighted by molar-refractivity contribution is -0.138. The van der Waals surface area contributed by atoms with Gasteiger partial charge >= 0.3 is 5.97 Å². The summed E-state index contributed by atoms with van der Waals surface area (Å²) in [6.07, 6.45) is 1.01. The van der Waals surface area contributed by atoms with Crippen LogP contribution < -0.4 is 9.47 Å². The molecule has 0 spiro atoms. The van der Waals surface area contributed by atoms with Crippen molar-refractivity contribution in [2.45, 2.75) is 32.6 Å². The fourth-order valence-electron chi connectivity index (χ4n) is 3.01. The Morgan fingerprint density at radius 1 is 1.32 bits per heavy atom. The van der Waals surface area contributed by atoms with Crippen LogP contribution in [-0.4, -0.2) is 25.3 Å². The third-order valence-corrected chi connectivity index (χ3v) is 3.99. The summed E-state index contributed by atoms with van der Waals surface area (Å²) in [5.41, 5.74) is 2.18. The molecule has 1 aliphatic rings. The second-order valence-corrected chi connectivity index (χ2v) is 5.72. The zero-order valence-corrected chi connectivity index (χ0v) is 11.8. The van der Waals surface area contributed by atoms with E-state index in [0.717, 1.165) is 17.5 Å². The summed E-state index contributed by atoms with van der Waals surface area (Å²) in [5, 5.41) is 9.10. The molecule has 0 radical (unpaired) electrons. The molecule has 0 saturated carbocycles. The highest BCUT2D eigenvalue weighted by molar-refractivity contribution is 5.69. The maximum Gasteiger partial charge on any atom is 0.303 e. The van der Waals surface area contributed by atoms with Crippen LogP contribution in [-0.2, 0) is 11.2 Å². The number of methoxy groups -OCH3 is 2. The SMILES string of the molecule is COc1cc2c(cc1OC)C(CC(=O)O)C(C)(C)C2. The number of aliphatic carboxylic acids is 1. The van der Waals surface area contributed by atoms with Gasteiger partial charge in [-0.25, -0.2) is 0 Å². The third-order valence-electron chi connectivity index (χ3n) is 3.99. The summed E-state index contributed by atoms with van der Waals surface area (Å²) >= 11 is 0. The molecule has 1 atom stereocenters. The van der Waals surface area contributed by atoms with Crippen LogP contribution in [0.2, 0.25) is 0 Å². The standard InChI is InChI=1S/C15H20O4/c1-15(2)8-9-5-12(18-3)13(19-4)6-10(9)11(15)7-14(16)17/h5-6,11H,7-8H2,1-4H3,(H,16,17). The number of benzene rings is 1. The van der Waals surface area contributed by atoms with Gasteiger partial charge in [0.15, 0.2) is 11.5 Å². The van der Waals surface area contributed by atoms with E-state index in [9.17, 15) is 4.79 Å². The molecule has 104 valence electrons. The molecule has 0 bridgehead atoms. The number of fused-ring (bicyclic) bond motifs is 1. The fourth-order valence-corrected chi connectivity index (χ4v) is 3.01.